The molecule has 2 N–H and O–H groups in total. The lowest BCUT2D eigenvalue weighted by Gasteiger charge is -2.19. The second-order valence-corrected chi connectivity index (χ2v) is 13.4. The number of benzene rings is 4. The third-order valence-electron chi connectivity index (χ3n) is 7.17. The minimum absolute atomic E-state index is 0.414. The summed E-state index contributed by atoms with van der Waals surface area (Å²) in [6, 6.07) is 8.79. The van der Waals surface area contributed by atoms with Crippen molar-refractivity contribution >= 4 is 43.9 Å². The van der Waals surface area contributed by atoms with Crippen molar-refractivity contribution in [3.05, 3.63) is 106 Å². The van der Waals surface area contributed by atoms with E-state index in [-0.39, 0.29) is 0 Å². The lowest BCUT2D eigenvalue weighted by Crippen LogP contribution is -2.21. The van der Waals surface area contributed by atoms with Crippen molar-refractivity contribution in [1.82, 2.24) is 10.6 Å². The molecule has 2 aliphatic heterocycles. The van der Waals surface area contributed by atoms with E-state index >= 15 is 0 Å². The highest BCUT2D eigenvalue weighted by atomic mass is 32.2. The van der Waals surface area contributed by atoms with Crippen LogP contribution in [0.1, 0.15) is 52.6 Å². The number of hydrogen-bond donors (Lipinski definition) is 2. The Bertz CT molecular complexity index is 2280. The van der Waals surface area contributed by atoms with E-state index in [0.717, 1.165) is 48.5 Å². The van der Waals surface area contributed by atoms with Gasteiger partial charge in [0.25, 0.3) is 23.6 Å². The van der Waals surface area contributed by atoms with Crippen LogP contribution in [0.4, 0.5) is 26.3 Å². The van der Waals surface area contributed by atoms with Crippen LogP contribution in [0.25, 0.3) is 0 Å². The van der Waals surface area contributed by atoms with E-state index in [1.54, 1.807) is 0 Å². The first-order valence-corrected chi connectivity index (χ1v) is 16.5. The molecule has 0 radical (unpaired) electrons. The zero-order chi connectivity index (χ0) is 37.3. The maximum atomic E-state index is 13.7. The van der Waals surface area contributed by atoms with Gasteiger partial charge in [0.05, 0.1) is 22.3 Å². The van der Waals surface area contributed by atoms with E-state index in [2.05, 4.69) is 0 Å². The second kappa shape index (κ2) is 11.8. The molecule has 6 rings (SSSR count). The molecule has 0 unspecified atom stereocenters. The van der Waals surface area contributed by atoms with Crippen LogP contribution in [-0.2, 0) is 32.6 Å². The first-order valence-electron chi connectivity index (χ1n) is 13.7. The molecular weight excluding hydrogens is 742 g/mol. The van der Waals surface area contributed by atoms with Crippen molar-refractivity contribution in [1.29, 1.82) is 0 Å². The average Bonchev–Trinajstić information content (AvgIpc) is 3.50. The minimum Gasteiger partial charge on any atom is -0.449 e. The van der Waals surface area contributed by atoms with Crippen LogP contribution < -0.4 is 23.7 Å². The number of imide groups is 2. The molecule has 4 aromatic carbocycles. The maximum Gasteiger partial charge on any atom is 0.417 e. The molecule has 264 valence electrons. The molecule has 0 aromatic heterocycles. The largest absolute Gasteiger partial charge is 0.449 e. The van der Waals surface area contributed by atoms with Crippen LogP contribution in [0.15, 0.2) is 82.6 Å². The fourth-order valence-electron chi connectivity index (χ4n) is 5.01. The van der Waals surface area contributed by atoms with Crippen molar-refractivity contribution in [2.45, 2.75) is 22.1 Å². The molecule has 4 amide bonds. The van der Waals surface area contributed by atoms with E-state index in [1.807, 2.05) is 10.6 Å². The summed E-state index contributed by atoms with van der Waals surface area (Å²) in [5, 5.41) is 3.65. The van der Waals surface area contributed by atoms with E-state index in [4.69, 9.17) is 13.1 Å². The summed E-state index contributed by atoms with van der Waals surface area (Å²) < 4.78 is 151. The third kappa shape index (κ3) is 6.20. The number of ether oxygens (including phenoxy) is 1. The minimum atomic E-state index is -5.56. The fraction of sp³-hybridized carbons (Fsp3) is 0.0667. The number of nitrogens with one attached hydrogen (secondary N) is 2. The predicted molar refractivity (Wildman–Crippen MR) is 155 cm³/mol. The van der Waals surface area contributed by atoms with Gasteiger partial charge >= 0.3 is 32.6 Å². The molecule has 0 spiro atoms. The molecule has 21 heteroatoms. The first-order chi connectivity index (χ1) is 23.7. The van der Waals surface area contributed by atoms with Gasteiger partial charge in [-0.3, -0.25) is 29.8 Å². The first kappa shape index (κ1) is 34.9. The van der Waals surface area contributed by atoms with Gasteiger partial charge < -0.3 is 13.1 Å². The van der Waals surface area contributed by atoms with Gasteiger partial charge in [0, 0.05) is 0 Å². The highest BCUT2D eigenvalue weighted by Gasteiger charge is 2.42. The molecule has 0 aliphatic carbocycles. The van der Waals surface area contributed by atoms with Gasteiger partial charge in [0.15, 0.2) is 23.0 Å². The summed E-state index contributed by atoms with van der Waals surface area (Å²) in [4.78, 5) is 47.5. The molecule has 51 heavy (non-hydrogen) atoms. The van der Waals surface area contributed by atoms with Gasteiger partial charge in [0.2, 0.25) is 0 Å². The van der Waals surface area contributed by atoms with Crippen molar-refractivity contribution in [2.75, 3.05) is 0 Å². The van der Waals surface area contributed by atoms with Gasteiger partial charge in [-0.2, -0.15) is 43.2 Å². The van der Waals surface area contributed by atoms with Crippen molar-refractivity contribution in [3.63, 3.8) is 0 Å². The topological polar surface area (TPSA) is 188 Å². The van der Waals surface area contributed by atoms with Crippen molar-refractivity contribution < 1.29 is 75.5 Å². The van der Waals surface area contributed by atoms with Crippen LogP contribution >= 0.6 is 0 Å². The third-order valence-corrected chi connectivity index (χ3v) is 9.73. The molecule has 0 bridgehead atoms. The SMILES string of the molecule is O=C1NC(=O)c2c1ccc(Oc1ccc3c(c1OS(=O)(=O)c1ccccc1C(F)(F)F)C(=O)NC3=O)c2OS(=O)(=O)c1ccccc1C(F)(F)F. The van der Waals surface area contributed by atoms with Crippen LogP contribution in [0.3, 0.4) is 0 Å². The zero-order valence-electron chi connectivity index (χ0n) is 24.5. The Labute approximate surface area is 281 Å². The Kier molecular flexibility index (Phi) is 8.09. The molecule has 2 aliphatic rings. The maximum absolute atomic E-state index is 13.7. The number of hydrogen-bond acceptors (Lipinski definition) is 11. The molecule has 0 saturated carbocycles. The molecule has 0 atom stereocenters. The summed E-state index contributed by atoms with van der Waals surface area (Å²) in [5.41, 5.74) is -6.18. The van der Waals surface area contributed by atoms with Crippen LogP contribution in [0.2, 0.25) is 0 Å². The summed E-state index contributed by atoms with van der Waals surface area (Å²) >= 11 is 0. The van der Waals surface area contributed by atoms with Gasteiger partial charge in [-0.15, -0.1) is 0 Å². The Morgan fingerprint density at radius 3 is 1.20 bits per heavy atom. The van der Waals surface area contributed by atoms with Gasteiger partial charge in [-0.25, -0.2) is 0 Å². The lowest BCUT2D eigenvalue weighted by molar-refractivity contribution is -0.140. The van der Waals surface area contributed by atoms with Crippen molar-refractivity contribution in [3.8, 4) is 23.0 Å². The highest BCUT2D eigenvalue weighted by Crippen LogP contribution is 2.46. The van der Waals surface area contributed by atoms with Crippen LogP contribution in [-0.4, -0.2) is 40.5 Å². The monoisotopic (exact) mass is 756 g/mol. The van der Waals surface area contributed by atoms with Crippen LogP contribution in [0.5, 0.6) is 23.0 Å². The number of carbonyl (C=O) groups excluding carboxylic acids is 4. The number of fused-ring (bicyclic) bond motifs is 2. The standard InChI is InChI=1S/C30H14F6N2O11S2/c31-29(32,33)15-5-1-3-7-19(15)50(43,44)48-23-17(11-9-13-21(23)27(41)37-25(13)39)47-18-12-10-14-22(28(42)38-26(14)40)24(18)49-51(45,46)20-8-4-2-6-16(20)30(34,35)36/h1-12H,(H,37,39,41)(H,38,40,42). The lowest BCUT2D eigenvalue weighted by atomic mass is 10.1. The Morgan fingerprint density at radius 1 is 0.490 bits per heavy atom. The average molecular weight is 757 g/mol. The molecule has 0 fully saturated rings. The van der Waals surface area contributed by atoms with E-state index in [0.29, 0.717) is 24.3 Å². The number of carbonyl (C=O) groups is 4. The Hall–Kier alpha value is -5.96. The Morgan fingerprint density at radius 2 is 0.843 bits per heavy atom. The summed E-state index contributed by atoms with van der Waals surface area (Å²) in [6.45, 7) is 0. The molecule has 4 aromatic rings. The summed E-state index contributed by atoms with van der Waals surface area (Å²) in [6.07, 6.45) is -10.5. The fourth-order valence-corrected chi connectivity index (χ4v) is 7.36. The van der Waals surface area contributed by atoms with Crippen molar-refractivity contribution in [2.24, 2.45) is 0 Å². The summed E-state index contributed by atoms with van der Waals surface area (Å²) in [5.74, 6) is -9.05. The second-order valence-electron chi connectivity index (χ2n) is 10.4. The quantitative estimate of drug-likeness (QED) is 0.143. The number of alkyl halides is 6. The molecule has 13 nitrogen and oxygen atoms in total. The Balaban J connectivity index is 1.53. The molecule has 0 saturated heterocycles. The number of rotatable bonds is 8. The van der Waals surface area contributed by atoms with Gasteiger partial charge in [-0.05, 0) is 48.5 Å². The molecule has 2 heterocycles. The highest BCUT2D eigenvalue weighted by molar-refractivity contribution is 7.87. The smallest absolute Gasteiger partial charge is 0.417 e. The number of amides is 4. The van der Waals surface area contributed by atoms with E-state index in [1.165, 1.54) is 0 Å². The zero-order valence-corrected chi connectivity index (χ0v) is 26.1. The van der Waals surface area contributed by atoms with Gasteiger partial charge in [0.1, 0.15) is 20.9 Å². The number of halogens is 6. The summed E-state index contributed by atoms with van der Waals surface area (Å²) in [7, 11) is -11.1. The van der Waals surface area contributed by atoms with Gasteiger partial charge in [-0.1, -0.05) is 24.3 Å². The predicted octanol–water partition coefficient (Wildman–Crippen LogP) is 4.82. The van der Waals surface area contributed by atoms with E-state index < -0.39 is 122 Å². The van der Waals surface area contributed by atoms with E-state index in [9.17, 15) is 62.4 Å². The van der Waals surface area contributed by atoms with Crippen LogP contribution in [0, 0.1) is 0 Å². The normalized spacial score (nSPS) is 14.5. The molecular formula is C30H14F6N2O11S2.